The molecule has 3 rings (SSSR count). The Hall–Kier alpha value is -2.30. The molecule has 0 atom stereocenters. The van der Waals surface area contributed by atoms with Crippen LogP contribution >= 0.6 is 0 Å². The predicted molar refractivity (Wildman–Crippen MR) is 117 cm³/mol. The zero-order valence-electron chi connectivity index (χ0n) is 17.9. The Kier molecular flexibility index (Phi) is 7.12. The molecule has 28 heavy (non-hydrogen) atoms. The average Bonchev–Trinajstić information content (AvgIpc) is 2.73. The summed E-state index contributed by atoms with van der Waals surface area (Å²) in [6.45, 7) is 12.8. The Morgan fingerprint density at radius 3 is 2.21 bits per heavy atom. The van der Waals surface area contributed by atoms with E-state index in [1.807, 2.05) is 6.07 Å². The Balaban J connectivity index is 1.84. The lowest BCUT2D eigenvalue weighted by Gasteiger charge is -2.27. The van der Waals surface area contributed by atoms with Crippen molar-refractivity contribution in [2.45, 2.75) is 59.8 Å². The van der Waals surface area contributed by atoms with Crippen molar-refractivity contribution >= 4 is 11.5 Å². The molecule has 0 aliphatic carbocycles. The molecule has 0 N–H and O–H groups in total. The van der Waals surface area contributed by atoms with E-state index in [4.69, 9.17) is 4.74 Å². The second-order valence-electron chi connectivity index (χ2n) is 7.45. The second kappa shape index (κ2) is 9.76. The number of rotatable bonds is 10. The topological polar surface area (TPSA) is 41.5 Å². The molecule has 1 aromatic heterocycles. The number of nitrogens with zero attached hydrogens (tertiary/aromatic N) is 4. The SMILES string of the molecule is CCCCN(CCCC)c1ccc2c(c1)Oc1cc(N(CC)CC)nnc1C2. The average molecular weight is 383 g/mol. The van der Waals surface area contributed by atoms with Crippen molar-refractivity contribution in [3.8, 4) is 11.5 Å². The summed E-state index contributed by atoms with van der Waals surface area (Å²) in [5.74, 6) is 2.69. The number of aromatic nitrogens is 2. The third kappa shape index (κ3) is 4.57. The van der Waals surface area contributed by atoms with Crippen LogP contribution in [0.25, 0.3) is 0 Å². The molecule has 2 heterocycles. The minimum absolute atomic E-state index is 0.778. The highest BCUT2D eigenvalue weighted by atomic mass is 16.5. The quantitative estimate of drug-likeness (QED) is 0.468. The molecule has 152 valence electrons. The number of fused-ring (bicyclic) bond motifs is 2. The lowest BCUT2D eigenvalue weighted by molar-refractivity contribution is 0.452. The largest absolute Gasteiger partial charge is 0.455 e. The van der Waals surface area contributed by atoms with E-state index in [0.717, 1.165) is 55.6 Å². The van der Waals surface area contributed by atoms with Crippen molar-refractivity contribution in [2.75, 3.05) is 36.0 Å². The third-order valence-electron chi connectivity index (χ3n) is 5.46. The van der Waals surface area contributed by atoms with Gasteiger partial charge in [0.25, 0.3) is 0 Å². The van der Waals surface area contributed by atoms with Gasteiger partial charge in [-0.3, -0.25) is 0 Å². The Morgan fingerprint density at radius 2 is 1.57 bits per heavy atom. The summed E-state index contributed by atoms with van der Waals surface area (Å²) in [7, 11) is 0. The first kappa shape index (κ1) is 20.4. The molecule has 0 radical (unpaired) electrons. The molecule has 0 unspecified atom stereocenters. The van der Waals surface area contributed by atoms with Gasteiger partial charge < -0.3 is 14.5 Å². The van der Waals surface area contributed by atoms with Crippen LogP contribution in [0.1, 0.15) is 64.6 Å². The van der Waals surface area contributed by atoms with Gasteiger partial charge in [-0.25, -0.2) is 0 Å². The summed E-state index contributed by atoms with van der Waals surface area (Å²) in [5.41, 5.74) is 3.37. The molecule has 0 saturated heterocycles. The lowest BCUT2D eigenvalue weighted by atomic mass is 10.0. The Bertz CT molecular complexity index is 765. The summed E-state index contributed by atoms with van der Waals surface area (Å²) in [4.78, 5) is 4.69. The number of hydrogen-bond donors (Lipinski definition) is 0. The van der Waals surface area contributed by atoms with Crippen molar-refractivity contribution < 1.29 is 4.74 Å². The van der Waals surface area contributed by atoms with E-state index in [9.17, 15) is 0 Å². The standard InChI is InChI=1S/C23H34N4O/c1-5-9-13-27(14-10-6-2)19-12-11-18-15-20-22(28-21(18)16-19)17-23(25-24-20)26(7-3)8-4/h11-12,16-17H,5-10,13-15H2,1-4H3. The second-order valence-corrected chi connectivity index (χ2v) is 7.45. The maximum absolute atomic E-state index is 6.30. The van der Waals surface area contributed by atoms with Crippen molar-refractivity contribution in [3.63, 3.8) is 0 Å². The van der Waals surface area contributed by atoms with Crippen LogP contribution in [0.2, 0.25) is 0 Å². The minimum atomic E-state index is 0.778. The van der Waals surface area contributed by atoms with Gasteiger partial charge in [0.05, 0.1) is 0 Å². The molecule has 1 aromatic carbocycles. The van der Waals surface area contributed by atoms with Gasteiger partial charge in [-0.2, -0.15) is 0 Å². The van der Waals surface area contributed by atoms with E-state index < -0.39 is 0 Å². The minimum Gasteiger partial charge on any atom is -0.455 e. The van der Waals surface area contributed by atoms with E-state index in [-0.39, 0.29) is 0 Å². The third-order valence-corrected chi connectivity index (χ3v) is 5.46. The van der Waals surface area contributed by atoms with Crippen LogP contribution in [0.4, 0.5) is 11.5 Å². The van der Waals surface area contributed by atoms with Gasteiger partial charge in [0.1, 0.15) is 11.4 Å². The van der Waals surface area contributed by atoms with Crippen LogP contribution < -0.4 is 14.5 Å². The van der Waals surface area contributed by atoms with Crippen LogP contribution in [0.3, 0.4) is 0 Å². The van der Waals surface area contributed by atoms with E-state index >= 15 is 0 Å². The highest BCUT2D eigenvalue weighted by molar-refractivity contribution is 5.59. The Labute approximate surface area is 169 Å². The Morgan fingerprint density at radius 1 is 0.857 bits per heavy atom. The van der Waals surface area contributed by atoms with E-state index in [0.29, 0.717) is 0 Å². The van der Waals surface area contributed by atoms with Crippen LogP contribution in [0.5, 0.6) is 11.5 Å². The van der Waals surface area contributed by atoms with Crippen molar-refractivity contribution in [1.29, 1.82) is 0 Å². The number of benzene rings is 1. The van der Waals surface area contributed by atoms with Crippen LogP contribution in [0, 0.1) is 0 Å². The van der Waals surface area contributed by atoms with Gasteiger partial charge >= 0.3 is 0 Å². The first-order valence-electron chi connectivity index (χ1n) is 10.9. The molecule has 1 aliphatic heterocycles. The molecule has 2 aromatic rings. The first-order chi connectivity index (χ1) is 13.7. The number of ether oxygens (including phenoxy) is 1. The molecular weight excluding hydrogens is 348 g/mol. The summed E-state index contributed by atoms with van der Waals surface area (Å²) < 4.78 is 6.30. The maximum Gasteiger partial charge on any atom is 0.154 e. The number of unbranched alkanes of at least 4 members (excludes halogenated alkanes) is 2. The summed E-state index contributed by atoms with van der Waals surface area (Å²) in [6.07, 6.45) is 5.63. The fourth-order valence-corrected chi connectivity index (χ4v) is 3.65. The van der Waals surface area contributed by atoms with Crippen LogP contribution in [-0.2, 0) is 6.42 Å². The monoisotopic (exact) mass is 382 g/mol. The fourth-order valence-electron chi connectivity index (χ4n) is 3.65. The van der Waals surface area contributed by atoms with Crippen molar-refractivity contribution in [3.05, 3.63) is 35.5 Å². The zero-order valence-corrected chi connectivity index (χ0v) is 17.9. The number of anilines is 2. The fraction of sp³-hybridized carbons (Fsp3) is 0.565. The molecule has 5 nitrogen and oxygen atoms in total. The maximum atomic E-state index is 6.30. The van der Waals surface area contributed by atoms with E-state index in [1.54, 1.807) is 0 Å². The zero-order chi connectivity index (χ0) is 19.9. The van der Waals surface area contributed by atoms with Crippen molar-refractivity contribution in [1.82, 2.24) is 10.2 Å². The van der Waals surface area contributed by atoms with Crippen molar-refractivity contribution in [2.24, 2.45) is 0 Å². The van der Waals surface area contributed by atoms with Crippen LogP contribution in [0.15, 0.2) is 24.3 Å². The first-order valence-corrected chi connectivity index (χ1v) is 10.9. The summed E-state index contributed by atoms with van der Waals surface area (Å²) in [5, 5.41) is 8.85. The summed E-state index contributed by atoms with van der Waals surface area (Å²) in [6, 6.07) is 8.67. The smallest absolute Gasteiger partial charge is 0.154 e. The molecule has 0 spiro atoms. The number of hydrogen-bond acceptors (Lipinski definition) is 5. The highest BCUT2D eigenvalue weighted by Gasteiger charge is 2.21. The van der Waals surface area contributed by atoms with Gasteiger partial charge in [0.2, 0.25) is 0 Å². The molecule has 0 saturated carbocycles. The van der Waals surface area contributed by atoms with Gasteiger partial charge in [-0.15, -0.1) is 10.2 Å². The molecular formula is C23H34N4O. The summed E-state index contributed by atoms with van der Waals surface area (Å²) >= 11 is 0. The van der Waals surface area contributed by atoms with Gasteiger partial charge in [0.15, 0.2) is 11.6 Å². The van der Waals surface area contributed by atoms with Crippen LogP contribution in [-0.4, -0.2) is 36.4 Å². The van der Waals surface area contributed by atoms with E-state index in [1.165, 1.54) is 36.9 Å². The molecule has 0 bridgehead atoms. The normalized spacial score (nSPS) is 12.1. The molecule has 0 fully saturated rings. The highest BCUT2D eigenvalue weighted by Crippen LogP contribution is 2.38. The van der Waals surface area contributed by atoms with Gasteiger partial charge in [0, 0.05) is 56.0 Å². The lowest BCUT2D eigenvalue weighted by Crippen LogP contribution is -2.26. The molecule has 0 amide bonds. The van der Waals surface area contributed by atoms with Gasteiger partial charge in [-0.05, 0) is 32.8 Å². The van der Waals surface area contributed by atoms with E-state index in [2.05, 4.69) is 65.9 Å². The molecule has 5 heteroatoms. The molecule has 1 aliphatic rings. The van der Waals surface area contributed by atoms with Gasteiger partial charge in [-0.1, -0.05) is 32.8 Å². The predicted octanol–water partition coefficient (Wildman–Crippen LogP) is 5.43.